The molecule has 11 heteroatoms. The van der Waals surface area contributed by atoms with Gasteiger partial charge in [0.25, 0.3) is 0 Å². The number of piperidine rings is 1. The first-order chi connectivity index (χ1) is 16.3. The monoisotopic (exact) mass is 509 g/mol. The molecular weight excluding hydrogens is 483 g/mol. The Balaban J connectivity index is 0.00000342. The highest BCUT2D eigenvalue weighted by atomic mass is 35.5. The predicted molar refractivity (Wildman–Crippen MR) is 128 cm³/mol. The van der Waals surface area contributed by atoms with E-state index in [0.29, 0.717) is 31.8 Å². The van der Waals surface area contributed by atoms with E-state index < -0.39 is 11.7 Å². The fraction of sp³-hybridized carbons (Fsp3) is 0.375. The summed E-state index contributed by atoms with van der Waals surface area (Å²) in [5, 5.41) is 11.5. The third-order valence-corrected chi connectivity index (χ3v) is 5.81. The lowest BCUT2D eigenvalue weighted by molar-refractivity contribution is -0.138. The molecule has 1 atom stereocenters. The van der Waals surface area contributed by atoms with Gasteiger partial charge in [0, 0.05) is 18.7 Å². The van der Waals surface area contributed by atoms with E-state index in [1.807, 2.05) is 30.3 Å². The predicted octanol–water partition coefficient (Wildman–Crippen LogP) is 5.26. The zero-order chi connectivity index (χ0) is 24.1. The molecule has 0 aliphatic carbocycles. The number of aryl methyl sites for hydroxylation is 1. The number of rotatable bonds is 7. The molecule has 2 heterocycles. The summed E-state index contributed by atoms with van der Waals surface area (Å²) in [6.45, 7) is 1.30. The summed E-state index contributed by atoms with van der Waals surface area (Å²) in [5.41, 5.74) is 5.99. The molecule has 7 nitrogen and oxygen atoms in total. The fourth-order valence-electron chi connectivity index (χ4n) is 4.04. The Labute approximate surface area is 207 Å². The molecular formula is C24H27ClF3N5O2. The van der Waals surface area contributed by atoms with Crippen molar-refractivity contribution in [3.8, 4) is 17.1 Å². The van der Waals surface area contributed by atoms with Crippen LogP contribution in [0, 0.1) is 5.41 Å². The number of benzene rings is 2. The second kappa shape index (κ2) is 11.4. The van der Waals surface area contributed by atoms with E-state index >= 15 is 0 Å². The molecule has 0 radical (unpaired) electrons. The minimum Gasteiger partial charge on any atom is -0.493 e. The lowest BCUT2D eigenvalue weighted by Gasteiger charge is -2.30. The molecule has 188 valence electrons. The van der Waals surface area contributed by atoms with Crippen molar-refractivity contribution in [3.63, 3.8) is 0 Å². The van der Waals surface area contributed by atoms with Gasteiger partial charge in [-0.05, 0) is 49.4 Å². The van der Waals surface area contributed by atoms with Gasteiger partial charge in [-0.25, -0.2) is 0 Å². The summed E-state index contributed by atoms with van der Waals surface area (Å²) < 4.78 is 52.1. The van der Waals surface area contributed by atoms with Gasteiger partial charge in [-0.15, -0.1) is 12.4 Å². The van der Waals surface area contributed by atoms with Gasteiger partial charge in [-0.1, -0.05) is 35.5 Å². The Bertz CT molecular complexity index is 1120. The standard InChI is InChI=1S/C24H26F3N5O2.ClH/c25-24(26,27)19-14-17(10-11-20(19)33-13-5-8-16-6-2-1-3-7-16)21-30-22(34-31-21)18-9-4-12-32(15-18)23(28)29;/h1-3,6-7,10-11,14,18H,4-5,8-9,12-13,15H2,(H3,28,29);1H/t18-;/m1./s1. The van der Waals surface area contributed by atoms with Gasteiger partial charge < -0.3 is 19.9 Å². The highest BCUT2D eigenvalue weighted by molar-refractivity contribution is 5.85. The van der Waals surface area contributed by atoms with Crippen molar-refractivity contribution < 1.29 is 22.4 Å². The molecule has 4 rings (SSSR count). The normalized spacial score (nSPS) is 16.0. The Hall–Kier alpha value is -3.27. The summed E-state index contributed by atoms with van der Waals surface area (Å²) in [5.74, 6) is 0.0241. The molecule has 0 unspecified atom stereocenters. The van der Waals surface area contributed by atoms with Crippen molar-refractivity contribution in [1.29, 1.82) is 5.41 Å². The topological polar surface area (TPSA) is 101 Å². The molecule has 0 saturated carbocycles. The summed E-state index contributed by atoms with van der Waals surface area (Å²) in [6.07, 6.45) is -1.71. The van der Waals surface area contributed by atoms with Crippen molar-refractivity contribution >= 4 is 18.4 Å². The number of nitrogens with zero attached hydrogens (tertiary/aromatic N) is 3. The van der Waals surface area contributed by atoms with E-state index in [9.17, 15) is 13.2 Å². The molecule has 1 saturated heterocycles. The lowest BCUT2D eigenvalue weighted by atomic mass is 9.98. The number of ether oxygens (including phenoxy) is 1. The van der Waals surface area contributed by atoms with E-state index in [4.69, 9.17) is 20.4 Å². The number of likely N-dealkylation sites (tertiary alicyclic amines) is 1. The van der Waals surface area contributed by atoms with Crippen molar-refractivity contribution in [2.45, 2.75) is 37.8 Å². The third kappa shape index (κ3) is 6.66. The molecule has 3 N–H and O–H groups in total. The van der Waals surface area contributed by atoms with E-state index in [1.165, 1.54) is 12.1 Å². The molecule has 3 aromatic rings. The first-order valence-electron chi connectivity index (χ1n) is 11.1. The maximum absolute atomic E-state index is 13.8. The maximum atomic E-state index is 13.8. The second-order valence-corrected chi connectivity index (χ2v) is 8.27. The number of aromatic nitrogens is 2. The van der Waals surface area contributed by atoms with Crippen LogP contribution in [0.2, 0.25) is 0 Å². The van der Waals surface area contributed by atoms with Gasteiger partial charge in [0.05, 0.1) is 18.1 Å². The number of alkyl halides is 3. The van der Waals surface area contributed by atoms with Crippen LogP contribution in [0.4, 0.5) is 13.2 Å². The molecule has 0 spiro atoms. The van der Waals surface area contributed by atoms with Gasteiger partial charge in [-0.2, -0.15) is 18.2 Å². The van der Waals surface area contributed by atoms with E-state index in [-0.39, 0.29) is 48.0 Å². The van der Waals surface area contributed by atoms with Crippen molar-refractivity contribution in [2.24, 2.45) is 5.73 Å². The van der Waals surface area contributed by atoms with E-state index in [2.05, 4.69) is 10.1 Å². The first kappa shape index (κ1) is 26.3. The zero-order valence-corrected chi connectivity index (χ0v) is 19.7. The van der Waals surface area contributed by atoms with Gasteiger partial charge in [0.2, 0.25) is 11.7 Å². The molecule has 1 fully saturated rings. The summed E-state index contributed by atoms with van der Waals surface area (Å²) in [7, 11) is 0. The highest BCUT2D eigenvalue weighted by Gasteiger charge is 2.35. The van der Waals surface area contributed by atoms with Crippen LogP contribution in [-0.2, 0) is 12.6 Å². The largest absolute Gasteiger partial charge is 0.493 e. The number of hydrogen-bond donors (Lipinski definition) is 2. The molecule has 2 aromatic carbocycles. The van der Waals surface area contributed by atoms with Gasteiger partial charge in [0.1, 0.15) is 5.75 Å². The van der Waals surface area contributed by atoms with Crippen LogP contribution in [0.25, 0.3) is 11.4 Å². The SMILES string of the molecule is Cl.N=C(N)N1CCC[C@@H](c2nc(-c3ccc(OCCCc4ccccc4)c(C(F)(F)F)c3)no2)C1. The number of guanidine groups is 1. The van der Waals surface area contributed by atoms with Gasteiger partial charge in [0.15, 0.2) is 5.96 Å². The minimum atomic E-state index is -4.59. The number of hydrogen-bond acceptors (Lipinski definition) is 5. The Morgan fingerprint density at radius 3 is 2.69 bits per heavy atom. The Morgan fingerprint density at radius 1 is 1.20 bits per heavy atom. The van der Waals surface area contributed by atoms with Crippen LogP contribution in [0.1, 0.15) is 42.2 Å². The number of nitrogens with two attached hydrogens (primary N) is 1. The van der Waals surface area contributed by atoms with Crippen molar-refractivity contribution in [2.75, 3.05) is 19.7 Å². The molecule has 0 amide bonds. The van der Waals surface area contributed by atoms with Crippen LogP contribution in [0.3, 0.4) is 0 Å². The fourth-order valence-corrected chi connectivity index (χ4v) is 4.04. The van der Waals surface area contributed by atoms with Crippen molar-refractivity contribution in [1.82, 2.24) is 15.0 Å². The summed E-state index contributed by atoms with van der Waals surface area (Å²) in [4.78, 5) is 6.05. The smallest absolute Gasteiger partial charge is 0.419 e. The Morgan fingerprint density at radius 2 is 1.97 bits per heavy atom. The lowest BCUT2D eigenvalue weighted by Crippen LogP contribution is -2.42. The summed E-state index contributed by atoms with van der Waals surface area (Å²) >= 11 is 0. The molecule has 0 bridgehead atoms. The maximum Gasteiger partial charge on any atom is 0.419 e. The van der Waals surface area contributed by atoms with Crippen LogP contribution >= 0.6 is 12.4 Å². The quantitative estimate of drug-likeness (QED) is 0.256. The first-order valence-corrected chi connectivity index (χ1v) is 11.1. The Kier molecular flexibility index (Phi) is 8.61. The van der Waals surface area contributed by atoms with Crippen LogP contribution < -0.4 is 10.5 Å². The highest BCUT2D eigenvalue weighted by Crippen LogP contribution is 2.39. The average Bonchev–Trinajstić information content (AvgIpc) is 3.32. The van der Waals surface area contributed by atoms with E-state index in [1.54, 1.807) is 4.90 Å². The number of nitrogens with one attached hydrogen (secondary N) is 1. The van der Waals surface area contributed by atoms with Crippen molar-refractivity contribution in [3.05, 3.63) is 65.5 Å². The minimum absolute atomic E-state index is 0. The molecule has 35 heavy (non-hydrogen) atoms. The van der Waals surface area contributed by atoms with E-state index in [0.717, 1.165) is 24.5 Å². The molecule has 1 aliphatic rings. The van der Waals surface area contributed by atoms with Crippen LogP contribution in [-0.4, -0.2) is 40.7 Å². The van der Waals surface area contributed by atoms with Gasteiger partial charge in [-0.3, -0.25) is 5.41 Å². The van der Waals surface area contributed by atoms with Gasteiger partial charge >= 0.3 is 6.18 Å². The van der Waals surface area contributed by atoms with Crippen LogP contribution in [0.15, 0.2) is 53.1 Å². The zero-order valence-electron chi connectivity index (χ0n) is 18.9. The average molecular weight is 510 g/mol. The number of halogens is 4. The summed E-state index contributed by atoms with van der Waals surface area (Å²) in [6, 6.07) is 13.5. The third-order valence-electron chi connectivity index (χ3n) is 5.81. The second-order valence-electron chi connectivity index (χ2n) is 8.27. The molecule has 1 aromatic heterocycles. The molecule has 1 aliphatic heterocycles. The van der Waals surface area contributed by atoms with Crippen LogP contribution in [0.5, 0.6) is 5.75 Å².